The molecule has 2 radical (unpaired) electrons. The minimum atomic E-state index is -0.786. The minimum absolute atomic E-state index is 0.319. The van der Waals surface area contributed by atoms with E-state index in [9.17, 15) is 14.7 Å². The zero-order valence-corrected chi connectivity index (χ0v) is 20.6. The van der Waals surface area contributed by atoms with Crippen LogP contribution in [-0.4, -0.2) is 48.6 Å². The standard InChI is InChI=1S/C26H35BN2O3S/c1-4-22(24(30)14-20-12-16(2)11-17(20)3)28-25(31)23(29-26(27)32)15-33-21-10-9-18-7-5-6-8-19(18)13-21/h5-10,13,16-17,20,22-24,30H,4,11-12,14-15H2,1-3H3,(H,28,31)(H,29,32). The molecule has 3 rings (SSSR count). The van der Waals surface area contributed by atoms with Gasteiger partial charge in [0.15, 0.2) is 5.81 Å². The van der Waals surface area contributed by atoms with Crippen LogP contribution < -0.4 is 10.6 Å². The van der Waals surface area contributed by atoms with Gasteiger partial charge in [-0.15, -0.1) is 11.8 Å². The van der Waals surface area contributed by atoms with Crippen molar-refractivity contribution in [2.24, 2.45) is 17.8 Å². The Hall–Kier alpha value is -1.99. The number of aliphatic hydroxyl groups excluding tert-OH is 1. The number of nitrogens with one attached hydrogen (secondary N) is 2. The van der Waals surface area contributed by atoms with E-state index in [2.05, 4.69) is 36.6 Å². The van der Waals surface area contributed by atoms with E-state index in [1.807, 2.05) is 37.3 Å². The summed E-state index contributed by atoms with van der Waals surface area (Å²) in [6.45, 7) is 6.46. The molecule has 2 amide bonds. The van der Waals surface area contributed by atoms with Crippen molar-refractivity contribution in [3.63, 3.8) is 0 Å². The maximum absolute atomic E-state index is 13.0. The summed E-state index contributed by atoms with van der Waals surface area (Å²) in [5.41, 5.74) is 0. The van der Waals surface area contributed by atoms with E-state index in [0.29, 0.717) is 36.3 Å². The Bertz CT molecular complexity index is 956. The van der Waals surface area contributed by atoms with Crippen LogP contribution in [-0.2, 0) is 4.79 Å². The van der Waals surface area contributed by atoms with Crippen molar-refractivity contribution in [2.75, 3.05) is 5.75 Å². The van der Waals surface area contributed by atoms with Gasteiger partial charge < -0.3 is 15.7 Å². The Labute approximate surface area is 202 Å². The van der Waals surface area contributed by atoms with Gasteiger partial charge in [0, 0.05) is 10.6 Å². The summed E-state index contributed by atoms with van der Waals surface area (Å²) in [7, 11) is 5.35. The first-order valence-electron chi connectivity index (χ1n) is 11.9. The van der Waals surface area contributed by atoms with Crippen LogP contribution in [0.4, 0.5) is 4.79 Å². The van der Waals surface area contributed by atoms with Crippen LogP contribution in [0, 0.1) is 17.8 Å². The number of aliphatic hydroxyl groups is 1. The highest BCUT2D eigenvalue weighted by Gasteiger charge is 2.33. The molecule has 1 aliphatic rings. The van der Waals surface area contributed by atoms with E-state index in [4.69, 9.17) is 7.85 Å². The summed E-state index contributed by atoms with van der Waals surface area (Å²) >= 11 is 1.49. The lowest BCUT2D eigenvalue weighted by molar-refractivity contribution is -0.124. The van der Waals surface area contributed by atoms with Gasteiger partial charge in [-0.2, -0.15) is 0 Å². The molecule has 33 heavy (non-hydrogen) atoms. The van der Waals surface area contributed by atoms with Gasteiger partial charge in [0.05, 0.1) is 12.1 Å². The molecular weight excluding hydrogens is 431 g/mol. The number of carbonyl (C=O) groups excluding carboxylic acids is 2. The van der Waals surface area contributed by atoms with Gasteiger partial charge in [-0.25, -0.2) is 0 Å². The molecule has 1 fully saturated rings. The SMILES string of the molecule is [B]C(=O)NC(CSc1ccc2ccccc2c1)C(=O)NC(CC)C(O)CC1CC(C)CC1C. The molecule has 0 saturated heterocycles. The van der Waals surface area contributed by atoms with Crippen LogP contribution in [0.3, 0.4) is 0 Å². The van der Waals surface area contributed by atoms with E-state index >= 15 is 0 Å². The molecule has 7 heteroatoms. The number of benzene rings is 2. The van der Waals surface area contributed by atoms with Crippen molar-refractivity contribution in [3.05, 3.63) is 42.5 Å². The molecule has 1 aliphatic carbocycles. The Morgan fingerprint density at radius 2 is 1.85 bits per heavy atom. The van der Waals surface area contributed by atoms with Crippen LogP contribution in [0.2, 0.25) is 0 Å². The van der Waals surface area contributed by atoms with Crippen LogP contribution in [0.5, 0.6) is 0 Å². The molecule has 0 heterocycles. The van der Waals surface area contributed by atoms with Crippen molar-refractivity contribution in [1.29, 1.82) is 0 Å². The molecular formula is C26H35BN2O3S. The number of thioether (sulfide) groups is 1. The summed E-state index contributed by atoms with van der Waals surface area (Å²) in [6, 6.07) is 13.1. The van der Waals surface area contributed by atoms with Gasteiger partial charge >= 0.3 is 0 Å². The van der Waals surface area contributed by atoms with E-state index in [1.165, 1.54) is 18.2 Å². The predicted molar refractivity (Wildman–Crippen MR) is 137 cm³/mol. The fraction of sp³-hybridized carbons (Fsp3) is 0.538. The number of amides is 2. The molecule has 6 atom stereocenters. The van der Waals surface area contributed by atoms with E-state index in [1.54, 1.807) is 0 Å². The second-order valence-corrected chi connectivity index (χ2v) is 10.6. The number of carbonyl (C=O) groups is 2. The number of fused-ring (bicyclic) bond motifs is 1. The third kappa shape index (κ3) is 7.25. The van der Waals surface area contributed by atoms with Gasteiger partial charge in [0.2, 0.25) is 13.8 Å². The Morgan fingerprint density at radius 1 is 1.12 bits per heavy atom. The molecule has 1 saturated carbocycles. The molecule has 0 aromatic heterocycles. The minimum Gasteiger partial charge on any atom is -0.391 e. The van der Waals surface area contributed by atoms with Crippen molar-refractivity contribution in [2.45, 2.75) is 69.5 Å². The highest BCUT2D eigenvalue weighted by atomic mass is 32.2. The van der Waals surface area contributed by atoms with Gasteiger partial charge in [0.1, 0.15) is 6.04 Å². The average molecular weight is 466 g/mol. The molecule has 0 spiro atoms. The molecule has 6 unspecified atom stereocenters. The topological polar surface area (TPSA) is 78.4 Å². The maximum atomic E-state index is 13.0. The second kappa shape index (κ2) is 11.9. The van der Waals surface area contributed by atoms with Crippen LogP contribution in [0.25, 0.3) is 10.8 Å². The molecule has 0 aliphatic heterocycles. The Balaban J connectivity index is 1.61. The van der Waals surface area contributed by atoms with E-state index < -0.39 is 18.0 Å². The first-order valence-corrected chi connectivity index (χ1v) is 12.9. The summed E-state index contributed by atoms with van der Waals surface area (Å²) < 4.78 is 0. The van der Waals surface area contributed by atoms with Gasteiger partial charge in [0.25, 0.3) is 0 Å². The normalized spacial score (nSPS) is 23.1. The first-order chi connectivity index (χ1) is 15.8. The lowest BCUT2D eigenvalue weighted by atomic mass is 9.89. The van der Waals surface area contributed by atoms with Crippen LogP contribution in [0.1, 0.15) is 46.5 Å². The summed E-state index contributed by atoms with van der Waals surface area (Å²) in [6.07, 6.45) is 3.00. The number of hydrogen-bond acceptors (Lipinski definition) is 4. The van der Waals surface area contributed by atoms with Crippen molar-refractivity contribution < 1.29 is 14.7 Å². The van der Waals surface area contributed by atoms with Gasteiger partial charge in [-0.1, -0.05) is 51.1 Å². The summed E-state index contributed by atoms with van der Waals surface area (Å²) in [5, 5.41) is 18.7. The molecule has 2 aromatic rings. The van der Waals surface area contributed by atoms with Crippen molar-refractivity contribution in [3.8, 4) is 0 Å². The number of hydrogen-bond donors (Lipinski definition) is 3. The van der Waals surface area contributed by atoms with Gasteiger partial charge in [-0.05, 0) is 66.3 Å². The third-order valence-corrected chi connectivity index (χ3v) is 7.92. The molecule has 0 bridgehead atoms. The average Bonchev–Trinajstić information content (AvgIpc) is 3.10. The summed E-state index contributed by atoms with van der Waals surface area (Å²) in [5.74, 6) is 1.03. The summed E-state index contributed by atoms with van der Waals surface area (Å²) in [4.78, 5) is 25.6. The molecule has 5 nitrogen and oxygen atoms in total. The monoisotopic (exact) mass is 466 g/mol. The molecule has 3 N–H and O–H groups in total. The zero-order valence-electron chi connectivity index (χ0n) is 19.8. The fourth-order valence-corrected chi connectivity index (χ4v) is 5.99. The predicted octanol–water partition coefficient (Wildman–Crippen LogP) is 4.51. The molecule has 2 aromatic carbocycles. The number of rotatable bonds is 10. The van der Waals surface area contributed by atoms with Crippen molar-refractivity contribution >= 4 is 42.1 Å². The van der Waals surface area contributed by atoms with Gasteiger partial charge in [-0.3, -0.25) is 9.59 Å². The molecule has 176 valence electrons. The third-order valence-electron chi connectivity index (χ3n) is 6.83. The van der Waals surface area contributed by atoms with Crippen LogP contribution in [0.15, 0.2) is 47.4 Å². The van der Waals surface area contributed by atoms with E-state index in [-0.39, 0.29) is 11.9 Å². The first kappa shape index (κ1) is 25.6. The second-order valence-electron chi connectivity index (χ2n) is 9.52. The quantitative estimate of drug-likeness (QED) is 0.356. The smallest absolute Gasteiger partial charge is 0.243 e. The lowest BCUT2D eigenvalue weighted by Crippen LogP contribution is -2.53. The lowest BCUT2D eigenvalue weighted by Gasteiger charge is -2.28. The highest BCUT2D eigenvalue weighted by molar-refractivity contribution is 7.99. The highest BCUT2D eigenvalue weighted by Crippen LogP contribution is 2.38. The van der Waals surface area contributed by atoms with Crippen LogP contribution >= 0.6 is 11.8 Å². The largest absolute Gasteiger partial charge is 0.391 e. The zero-order chi connectivity index (χ0) is 24.0. The maximum Gasteiger partial charge on any atom is 0.243 e. The Kier molecular flexibility index (Phi) is 9.27. The van der Waals surface area contributed by atoms with E-state index in [0.717, 1.165) is 22.1 Å². The Morgan fingerprint density at radius 3 is 2.48 bits per heavy atom. The fourth-order valence-electron chi connectivity index (χ4n) is 5.02. The van der Waals surface area contributed by atoms with Crippen molar-refractivity contribution in [1.82, 2.24) is 10.6 Å².